The number of Topliss-reactive ketones (excluding diaryl/α,β-unsaturated/α-hetero) is 2. The van der Waals surface area contributed by atoms with Crippen LogP contribution in [0.3, 0.4) is 0 Å². The minimum absolute atomic E-state index is 0. The highest BCUT2D eigenvalue weighted by atomic mass is 32.2. The average Bonchev–Trinajstić information content (AvgIpc) is 3.10. The molecule has 2 aromatic carbocycles. The van der Waals surface area contributed by atoms with Gasteiger partial charge in [-0.3, -0.25) is 18.7 Å². The van der Waals surface area contributed by atoms with Gasteiger partial charge in [0, 0.05) is 28.5 Å². The molecule has 2 aliphatic heterocycles. The van der Waals surface area contributed by atoms with Crippen molar-refractivity contribution in [1.29, 1.82) is 0 Å². The molecule has 2 aromatic rings. The van der Waals surface area contributed by atoms with Crippen molar-refractivity contribution in [2.24, 2.45) is 0 Å². The fourth-order valence-electron chi connectivity index (χ4n) is 2.97. The molecule has 0 fully saturated rings. The highest BCUT2D eigenvalue weighted by Gasteiger charge is 2.36. The molecule has 13 heteroatoms. The van der Waals surface area contributed by atoms with Gasteiger partial charge in [-0.2, -0.15) is 16.8 Å². The molecule has 4 rings (SSSR count). The summed E-state index contributed by atoms with van der Waals surface area (Å²) < 4.78 is 63.3. The first-order valence-electron chi connectivity index (χ1n) is 7.57. The maximum absolute atomic E-state index is 12.7. The number of benzene rings is 2. The molecule has 0 atom stereocenters. The molecule has 0 saturated carbocycles. The molecule has 0 aliphatic carbocycles. The molecule has 2 heterocycles. The Kier molecular flexibility index (Phi) is 4.95. The summed E-state index contributed by atoms with van der Waals surface area (Å²) in [6, 6.07) is 6.70. The molecule has 0 saturated heterocycles. The van der Waals surface area contributed by atoms with Gasteiger partial charge in [-0.1, -0.05) is 0 Å². The molecule has 0 aromatic heterocycles. The van der Waals surface area contributed by atoms with Crippen molar-refractivity contribution in [3.05, 3.63) is 58.9 Å². The van der Waals surface area contributed by atoms with Crippen LogP contribution in [-0.2, 0) is 20.2 Å². The van der Waals surface area contributed by atoms with Crippen LogP contribution in [0.5, 0.6) is 0 Å². The number of hydrogen-bond donors (Lipinski definition) is 4. The van der Waals surface area contributed by atoms with E-state index in [-0.39, 0.29) is 51.3 Å². The third-order valence-corrected chi connectivity index (χ3v) is 5.99. The van der Waals surface area contributed by atoms with Crippen LogP contribution in [0.2, 0.25) is 0 Å². The van der Waals surface area contributed by atoms with E-state index in [4.69, 9.17) is 9.11 Å². The second-order valence-corrected chi connectivity index (χ2v) is 8.87. The number of carbonyl (C=O) groups excluding carboxylic acids is 2. The summed E-state index contributed by atoms with van der Waals surface area (Å²) in [7, 11) is -9.03. The number of ketones is 2. The van der Waals surface area contributed by atoms with Gasteiger partial charge < -0.3 is 10.6 Å². The van der Waals surface area contributed by atoms with Crippen molar-refractivity contribution in [2.75, 3.05) is 10.6 Å². The van der Waals surface area contributed by atoms with E-state index in [1.54, 1.807) is 0 Å². The molecule has 2 aliphatic rings. The lowest BCUT2D eigenvalue weighted by molar-refractivity contribution is 0.101. The van der Waals surface area contributed by atoms with E-state index >= 15 is 0 Å². The monoisotopic (exact) mass is 449 g/mol. The largest absolute Gasteiger partial charge is 0.350 e. The quantitative estimate of drug-likeness (QED) is 0.294. The maximum Gasteiger partial charge on any atom is 0.294 e. The van der Waals surface area contributed by atoms with Crippen LogP contribution >= 0.6 is 0 Å². The molecule has 0 spiro atoms. The van der Waals surface area contributed by atoms with Gasteiger partial charge in [0.15, 0.2) is 0 Å². The standard InChI is InChI=1S/C16H10N2O8S2.Al/c19-15-9-5-7(27(21,22)23)1-3-11(9)17-13(15)14-16(20)10-6-8(28(24,25)26)2-4-12(10)18-14;/h1-6,17-18H,(H,21,22,23)(H,24,25,26);/b14-13+;. The Balaban J connectivity index is 0.00000240. The highest BCUT2D eigenvalue weighted by Crippen LogP contribution is 2.36. The summed E-state index contributed by atoms with van der Waals surface area (Å²) in [6.45, 7) is 0. The minimum Gasteiger partial charge on any atom is -0.350 e. The smallest absolute Gasteiger partial charge is 0.294 e. The van der Waals surface area contributed by atoms with E-state index < -0.39 is 41.6 Å². The molecule has 0 amide bonds. The van der Waals surface area contributed by atoms with E-state index in [2.05, 4.69) is 10.6 Å². The molecule has 0 unspecified atom stereocenters. The number of carbonyl (C=O) groups is 2. The Labute approximate surface area is 175 Å². The van der Waals surface area contributed by atoms with Gasteiger partial charge in [-0.15, -0.1) is 0 Å². The zero-order valence-corrected chi connectivity index (χ0v) is 17.0. The maximum atomic E-state index is 12.7. The summed E-state index contributed by atoms with van der Waals surface area (Å²) in [5.74, 6) is -1.36. The lowest BCUT2D eigenvalue weighted by Crippen LogP contribution is -2.13. The van der Waals surface area contributed by atoms with Crippen molar-refractivity contribution in [3.63, 3.8) is 0 Å². The Morgan fingerprint density at radius 3 is 1.31 bits per heavy atom. The first kappa shape index (κ1) is 21.2. The van der Waals surface area contributed by atoms with E-state index in [0.29, 0.717) is 0 Å². The zero-order chi connectivity index (χ0) is 20.4. The summed E-state index contributed by atoms with van der Waals surface area (Å²) >= 11 is 0. The summed E-state index contributed by atoms with van der Waals surface area (Å²) in [6.07, 6.45) is 0. The highest BCUT2D eigenvalue weighted by molar-refractivity contribution is 7.86. The Hall–Kier alpha value is -2.53. The SMILES string of the molecule is O=C1/C(=C2\Nc3ccc(S(=O)(=O)O)cc3C2=O)Nc2ccc(S(=O)(=O)O)cc21.[Al]. The molecule has 3 radical (unpaired) electrons. The van der Waals surface area contributed by atoms with Gasteiger partial charge in [0.1, 0.15) is 11.4 Å². The number of hydrogen-bond acceptors (Lipinski definition) is 8. The van der Waals surface area contributed by atoms with Crippen LogP contribution in [0.25, 0.3) is 0 Å². The number of anilines is 2. The number of allylic oxidation sites excluding steroid dienone is 2. The molecule has 4 N–H and O–H groups in total. The summed E-state index contributed by atoms with van der Waals surface area (Å²) in [5, 5.41) is 5.44. The number of nitrogens with one attached hydrogen (secondary N) is 2. The second kappa shape index (κ2) is 6.77. The van der Waals surface area contributed by atoms with E-state index in [1.807, 2.05) is 0 Å². The average molecular weight is 449 g/mol. The molecule has 0 bridgehead atoms. The van der Waals surface area contributed by atoms with Crippen LogP contribution in [0.1, 0.15) is 20.7 Å². The predicted molar refractivity (Wildman–Crippen MR) is 101 cm³/mol. The topological polar surface area (TPSA) is 167 Å². The fraction of sp³-hybridized carbons (Fsp3) is 0. The van der Waals surface area contributed by atoms with Gasteiger partial charge >= 0.3 is 0 Å². The molecular weight excluding hydrogens is 439 g/mol. The predicted octanol–water partition coefficient (Wildman–Crippen LogP) is 0.927. The third-order valence-electron chi connectivity index (χ3n) is 4.29. The van der Waals surface area contributed by atoms with Gasteiger partial charge in [-0.05, 0) is 36.4 Å². The van der Waals surface area contributed by atoms with Crippen LogP contribution in [0.15, 0.2) is 57.6 Å². The summed E-state index contributed by atoms with van der Waals surface area (Å²) in [4.78, 5) is 24.4. The van der Waals surface area contributed by atoms with Crippen molar-refractivity contribution >= 4 is 60.5 Å². The van der Waals surface area contributed by atoms with Gasteiger partial charge in [0.2, 0.25) is 11.6 Å². The second-order valence-electron chi connectivity index (χ2n) is 6.02. The molecular formula is C16H10AlN2O8S2. The van der Waals surface area contributed by atoms with Crippen LogP contribution in [0.4, 0.5) is 11.4 Å². The molecule has 147 valence electrons. The van der Waals surface area contributed by atoms with Crippen molar-refractivity contribution < 1.29 is 35.5 Å². The lowest BCUT2D eigenvalue weighted by atomic mass is 10.1. The van der Waals surface area contributed by atoms with E-state index in [0.717, 1.165) is 24.3 Å². The normalized spacial score (nSPS) is 17.9. The van der Waals surface area contributed by atoms with Crippen LogP contribution < -0.4 is 10.6 Å². The van der Waals surface area contributed by atoms with Gasteiger partial charge in [0.25, 0.3) is 20.2 Å². The summed E-state index contributed by atoms with van der Waals surface area (Å²) in [5.41, 5.74) is 0.0611. The first-order valence-corrected chi connectivity index (χ1v) is 10.5. The van der Waals surface area contributed by atoms with E-state index in [1.165, 1.54) is 12.1 Å². The Morgan fingerprint density at radius 1 is 0.655 bits per heavy atom. The van der Waals surface area contributed by atoms with Gasteiger partial charge in [0.05, 0.1) is 21.2 Å². The van der Waals surface area contributed by atoms with Crippen LogP contribution in [0, 0.1) is 0 Å². The van der Waals surface area contributed by atoms with Crippen LogP contribution in [-0.4, -0.2) is 54.9 Å². The first-order chi connectivity index (χ1) is 13.0. The Morgan fingerprint density at radius 2 is 1.00 bits per heavy atom. The molecule has 29 heavy (non-hydrogen) atoms. The number of fused-ring (bicyclic) bond motifs is 2. The number of rotatable bonds is 2. The van der Waals surface area contributed by atoms with Crippen molar-refractivity contribution in [2.45, 2.75) is 9.79 Å². The Bertz CT molecular complexity index is 1240. The molecule has 10 nitrogen and oxygen atoms in total. The van der Waals surface area contributed by atoms with Crippen molar-refractivity contribution in [3.8, 4) is 0 Å². The van der Waals surface area contributed by atoms with Gasteiger partial charge in [-0.25, -0.2) is 0 Å². The third kappa shape index (κ3) is 3.48. The van der Waals surface area contributed by atoms with Crippen molar-refractivity contribution in [1.82, 2.24) is 0 Å². The zero-order valence-electron chi connectivity index (χ0n) is 14.2. The van der Waals surface area contributed by atoms with E-state index in [9.17, 15) is 26.4 Å². The minimum atomic E-state index is -4.52. The lowest BCUT2D eigenvalue weighted by Gasteiger charge is -2.03. The fourth-order valence-corrected chi connectivity index (χ4v) is 3.98.